The maximum Gasteiger partial charge on any atom is 4.00 e. The molecule has 11 heteroatoms. The molecule has 41 heavy (non-hydrogen) atoms. The zero-order valence-electron chi connectivity index (χ0n) is 29.3. The number of aliphatic imine (C=N–C) groups is 2. The molecule has 0 aliphatic carbocycles. The van der Waals surface area contributed by atoms with Crippen molar-refractivity contribution >= 4 is 40.3 Å². The average molecular weight is 707 g/mol. The van der Waals surface area contributed by atoms with Gasteiger partial charge in [0.15, 0.2) is 0 Å². The van der Waals surface area contributed by atoms with Gasteiger partial charge in [-0.1, -0.05) is 83.1 Å². The second-order valence-corrected chi connectivity index (χ2v) is 22.6. The van der Waals surface area contributed by atoms with E-state index in [0.717, 1.165) is 0 Å². The van der Waals surface area contributed by atoms with Crippen molar-refractivity contribution in [2.75, 3.05) is 0 Å². The molecule has 0 aromatic carbocycles. The van der Waals surface area contributed by atoms with Crippen molar-refractivity contribution in [3.05, 3.63) is 46.1 Å². The Kier molecular flexibility index (Phi) is 29.4. The number of hydrogen-bond donors (Lipinski definition) is 0. The average Bonchev–Trinajstić information content (AvgIpc) is 2.62. The third-order valence-electron chi connectivity index (χ3n) is 2.97. The van der Waals surface area contributed by atoms with Gasteiger partial charge in [-0.15, -0.1) is 22.2 Å². The second kappa shape index (κ2) is 23.7. The van der Waals surface area contributed by atoms with E-state index in [-0.39, 0.29) is 55.0 Å². The summed E-state index contributed by atoms with van der Waals surface area (Å²) in [4.78, 5) is 8.57. The van der Waals surface area contributed by atoms with Gasteiger partial charge in [-0.05, 0) is 41.5 Å². The largest absolute Gasteiger partial charge is 4.00 e. The van der Waals surface area contributed by atoms with Crippen LogP contribution in [0.15, 0.2) is 34.8 Å². The third kappa shape index (κ3) is 79.3. The molecule has 239 valence electrons. The van der Waals surface area contributed by atoms with Gasteiger partial charge in [-0.2, -0.15) is 0 Å². The van der Waals surface area contributed by atoms with Crippen LogP contribution in [0.5, 0.6) is 0 Å². The van der Waals surface area contributed by atoms with Crippen LogP contribution in [0.3, 0.4) is 0 Å². The van der Waals surface area contributed by atoms with Crippen LogP contribution in [-0.2, 0) is 36.4 Å². The zero-order valence-corrected chi connectivity index (χ0v) is 34.7. The standard InChI is InChI=1S/3C10H20N2.3ClH.2Ti/c3*1-9(2,3)11-7-8-12-10(4,5)6;;;;;/h3*7-8H,1-6H3;3*1H;;/q;2*-2;;;;+3;+4/p-3. The molecule has 0 spiro atoms. The van der Waals surface area contributed by atoms with E-state index in [0.29, 0.717) is 0 Å². The van der Waals surface area contributed by atoms with Crippen molar-refractivity contribution in [1.82, 2.24) is 0 Å². The van der Waals surface area contributed by atoms with E-state index in [9.17, 15) is 0 Å². The summed E-state index contributed by atoms with van der Waals surface area (Å²) in [5, 5.41) is 17.1. The van der Waals surface area contributed by atoms with Crippen molar-refractivity contribution < 1.29 is 36.4 Å². The predicted molar refractivity (Wildman–Crippen MR) is 185 cm³/mol. The molecule has 0 radical (unpaired) electrons. The number of hydrogen-bond acceptors (Lipinski definition) is 2. The number of halogens is 3. The Labute approximate surface area is 288 Å². The maximum atomic E-state index is 4.97. The Morgan fingerprint density at radius 1 is 0.415 bits per heavy atom. The van der Waals surface area contributed by atoms with E-state index in [1.807, 2.05) is 0 Å². The molecule has 0 N–H and O–H groups in total. The van der Waals surface area contributed by atoms with Gasteiger partial charge >= 0.3 is 64.3 Å². The number of nitrogens with zero attached hydrogens (tertiary/aromatic N) is 6. The van der Waals surface area contributed by atoms with Crippen molar-refractivity contribution in [2.45, 2.75) is 158 Å². The van der Waals surface area contributed by atoms with E-state index in [1.54, 1.807) is 37.2 Å². The van der Waals surface area contributed by atoms with Crippen LogP contribution in [0.4, 0.5) is 0 Å². The summed E-state index contributed by atoms with van der Waals surface area (Å²) >= 11 is -1.92. The summed E-state index contributed by atoms with van der Waals surface area (Å²) in [6.45, 7) is 37.2. The van der Waals surface area contributed by atoms with Crippen LogP contribution in [0.1, 0.15) is 125 Å². The Morgan fingerprint density at radius 3 is 0.659 bits per heavy atom. The van der Waals surface area contributed by atoms with Crippen LogP contribution in [-0.4, -0.2) is 45.7 Å². The molecule has 6 nitrogen and oxygen atoms in total. The van der Waals surface area contributed by atoms with E-state index in [1.165, 1.54) is 0 Å². The summed E-state index contributed by atoms with van der Waals surface area (Å²) in [6, 6.07) is 0. The molecule has 0 rings (SSSR count). The van der Waals surface area contributed by atoms with Crippen molar-refractivity contribution in [3.8, 4) is 0 Å². The van der Waals surface area contributed by atoms with Crippen LogP contribution in [0.25, 0.3) is 21.3 Å². The summed E-state index contributed by atoms with van der Waals surface area (Å²) in [6.07, 6.45) is 10.6. The van der Waals surface area contributed by atoms with Crippen molar-refractivity contribution in [2.24, 2.45) is 9.98 Å². The smallest absolute Gasteiger partial charge is 4.00 e. The minimum absolute atomic E-state index is 0. The number of rotatable bonds is 5. The summed E-state index contributed by atoms with van der Waals surface area (Å²) in [5.74, 6) is 0. The van der Waals surface area contributed by atoms with Gasteiger partial charge in [-0.3, -0.25) is 9.98 Å². The van der Waals surface area contributed by atoms with Gasteiger partial charge in [0.25, 0.3) is 0 Å². The van der Waals surface area contributed by atoms with Crippen LogP contribution in [0.2, 0.25) is 0 Å². The Balaban J connectivity index is -0.000000146. The molecule has 0 atom stereocenters. The minimum atomic E-state index is -1.92. The molecule has 0 saturated carbocycles. The monoisotopic (exact) mass is 705 g/mol. The SMILES string of the molecule is CC(C)(C)N=CC=NC(C)(C)C.CC(C)(C)[N-]C=C[N-]C(C)(C)C.CC(C)(C)[N-]C=C[N-]C(C)(C)C.[Cl][Ti]([Cl])[Cl].[Ti+4]. The van der Waals surface area contributed by atoms with E-state index < -0.39 is 14.7 Å². The van der Waals surface area contributed by atoms with Crippen LogP contribution < -0.4 is 0 Å². The fraction of sp³-hybridized carbons (Fsp3) is 0.800. The van der Waals surface area contributed by atoms with Gasteiger partial charge in [0.05, 0.1) is 11.1 Å². The van der Waals surface area contributed by atoms with Gasteiger partial charge in [-0.25, -0.2) is 24.8 Å². The molecule has 0 amide bonds. The van der Waals surface area contributed by atoms with Crippen LogP contribution >= 0.6 is 27.9 Å². The Hall–Kier alpha value is 0.319. The molecular formula is C30H60Cl3N6Ti2. The third-order valence-corrected chi connectivity index (χ3v) is 2.97. The van der Waals surface area contributed by atoms with E-state index >= 15 is 0 Å². The second-order valence-electron chi connectivity index (χ2n) is 14.9. The topological polar surface area (TPSA) is 81.1 Å². The van der Waals surface area contributed by atoms with Crippen molar-refractivity contribution in [1.29, 1.82) is 0 Å². The molecule has 0 heterocycles. The molecule has 0 aliphatic rings. The first-order valence-electron chi connectivity index (χ1n) is 13.5. The van der Waals surface area contributed by atoms with Crippen LogP contribution in [0, 0.1) is 0 Å². The fourth-order valence-corrected chi connectivity index (χ4v) is 1.54. The molecule has 0 aromatic rings. The normalized spacial score (nSPS) is 12.9. The Bertz CT molecular complexity index is 630. The summed E-state index contributed by atoms with van der Waals surface area (Å²) < 4.78 is 0. The van der Waals surface area contributed by atoms with Gasteiger partial charge in [0.1, 0.15) is 0 Å². The van der Waals surface area contributed by atoms with E-state index in [4.69, 9.17) is 27.9 Å². The first-order chi connectivity index (χ1) is 17.4. The Morgan fingerprint density at radius 2 is 0.561 bits per heavy atom. The zero-order chi connectivity index (χ0) is 33.1. The minimum Gasteiger partial charge on any atom is 4.00 e. The molecule has 0 unspecified atom stereocenters. The molecule has 0 saturated heterocycles. The molecule has 0 bridgehead atoms. The molecule has 0 aliphatic heterocycles. The molecular weight excluding hydrogens is 646 g/mol. The predicted octanol–water partition coefficient (Wildman–Crippen LogP) is 12.4. The fourth-order valence-electron chi connectivity index (χ4n) is 1.54. The molecule has 0 fully saturated rings. The first kappa shape index (κ1) is 50.9. The van der Waals surface area contributed by atoms with Gasteiger partial charge < -0.3 is 21.3 Å². The van der Waals surface area contributed by atoms with E-state index in [2.05, 4.69) is 156 Å². The first-order valence-corrected chi connectivity index (χ1v) is 19.9. The summed E-state index contributed by atoms with van der Waals surface area (Å²) in [7, 11) is 14.9. The van der Waals surface area contributed by atoms with Crippen molar-refractivity contribution in [3.63, 3.8) is 0 Å². The molecule has 0 aromatic heterocycles. The quantitative estimate of drug-likeness (QED) is 0.201. The van der Waals surface area contributed by atoms with Gasteiger partial charge in [0, 0.05) is 12.4 Å². The maximum absolute atomic E-state index is 4.97. The van der Waals surface area contributed by atoms with Gasteiger partial charge in [0.2, 0.25) is 0 Å². The summed E-state index contributed by atoms with van der Waals surface area (Å²) in [5.41, 5.74) is 0.0232.